The van der Waals surface area contributed by atoms with Crippen LogP contribution in [0.25, 0.3) is 0 Å². The number of carbonyl (C=O) groups is 1. The second kappa shape index (κ2) is 7.67. The average Bonchev–Trinajstić information content (AvgIpc) is 2.29. The van der Waals surface area contributed by atoms with Crippen LogP contribution in [0.4, 0.5) is 0 Å². The highest BCUT2D eigenvalue weighted by atomic mass is 16.5. The molecule has 0 aromatic carbocycles. The third-order valence-corrected chi connectivity index (χ3v) is 3.20. The summed E-state index contributed by atoms with van der Waals surface area (Å²) in [6, 6.07) is -0.176. The lowest BCUT2D eigenvalue weighted by molar-refractivity contribution is -0.146. The zero-order chi connectivity index (χ0) is 12.7. The fourth-order valence-electron chi connectivity index (χ4n) is 2.42. The van der Waals surface area contributed by atoms with E-state index < -0.39 is 0 Å². The monoisotopic (exact) mass is 242 g/mol. The molecular weight excluding hydrogens is 216 g/mol. The molecule has 0 aromatic rings. The summed E-state index contributed by atoms with van der Waals surface area (Å²) in [5.74, 6) is 0.626. The minimum Gasteiger partial charge on any atom is -0.465 e. The van der Waals surface area contributed by atoms with Crippen LogP contribution in [0.2, 0.25) is 0 Å². The lowest BCUT2D eigenvalue weighted by Crippen LogP contribution is -2.49. The molecule has 1 rings (SSSR count). The van der Waals surface area contributed by atoms with Crippen molar-refractivity contribution in [1.82, 2.24) is 10.2 Å². The molecule has 1 saturated heterocycles. The van der Waals surface area contributed by atoms with E-state index in [0.717, 1.165) is 32.1 Å². The molecule has 4 heteroatoms. The van der Waals surface area contributed by atoms with Crippen LogP contribution < -0.4 is 5.32 Å². The largest absolute Gasteiger partial charge is 0.465 e. The van der Waals surface area contributed by atoms with Crippen LogP contribution >= 0.6 is 0 Å². The molecule has 1 heterocycles. The number of carbonyl (C=O) groups excluding carboxylic acids is 1. The second-order valence-electron chi connectivity index (χ2n) is 4.87. The van der Waals surface area contributed by atoms with E-state index >= 15 is 0 Å². The maximum Gasteiger partial charge on any atom is 0.324 e. The molecule has 100 valence electrons. The first-order valence-corrected chi connectivity index (χ1v) is 6.79. The molecule has 0 aliphatic carbocycles. The lowest BCUT2D eigenvalue weighted by Gasteiger charge is -2.33. The van der Waals surface area contributed by atoms with Crippen molar-refractivity contribution in [2.24, 2.45) is 5.92 Å². The summed E-state index contributed by atoms with van der Waals surface area (Å²) in [6.07, 6.45) is 2.55. The summed E-state index contributed by atoms with van der Waals surface area (Å²) >= 11 is 0. The lowest BCUT2D eigenvalue weighted by atomic mass is 10.00. The van der Waals surface area contributed by atoms with Crippen molar-refractivity contribution in [1.29, 1.82) is 0 Å². The molecule has 2 unspecified atom stereocenters. The number of esters is 1. The Balaban J connectivity index is 2.44. The van der Waals surface area contributed by atoms with Gasteiger partial charge in [0, 0.05) is 13.1 Å². The number of nitrogens with one attached hydrogen (secondary N) is 1. The second-order valence-corrected chi connectivity index (χ2v) is 4.87. The van der Waals surface area contributed by atoms with Gasteiger partial charge in [0.1, 0.15) is 6.04 Å². The van der Waals surface area contributed by atoms with Crippen LogP contribution in [-0.4, -0.2) is 49.7 Å². The third kappa shape index (κ3) is 5.04. The van der Waals surface area contributed by atoms with Gasteiger partial charge in [-0.15, -0.1) is 0 Å². The molecule has 1 fully saturated rings. The summed E-state index contributed by atoms with van der Waals surface area (Å²) in [4.78, 5) is 14.2. The van der Waals surface area contributed by atoms with Gasteiger partial charge in [-0.25, -0.2) is 0 Å². The smallest absolute Gasteiger partial charge is 0.324 e. The van der Waals surface area contributed by atoms with Gasteiger partial charge in [-0.2, -0.15) is 0 Å². The summed E-state index contributed by atoms with van der Waals surface area (Å²) < 4.78 is 5.10. The molecule has 2 atom stereocenters. The van der Waals surface area contributed by atoms with E-state index in [1.165, 1.54) is 12.8 Å². The highest BCUT2D eigenvalue weighted by molar-refractivity contribution is 5.76. The maximum absolute atomic E-state index is 11.8. The average molecular weight is 242 g/mol. The van der Waals surface area contributed by atoms with Crippen molar-refractivity contribution in [2.45, 2.75) is 39.7 Å². The number of ether oxygens (including phenoxy) is 1. The maximum atomic E-state index is 11.8. The molecule has 0 bridgehead atoms. The zero-order valence-electron chi connectivity index (χ0n) is 11.4. The van der Waals surface area contributed by atoms with Crippen molar-refractivity contribution in [2.75, 3.05) is 32.8 Å². The summed E-state index contributed by atoms with van der Waals surface area (Å²) in [5, 5.41) is 3.21. The van der Waals surface area contributed by atoms with E-state index in [2.05, 4.69) is 17.1 Å². The number of piperidine rings is 1. The molecule has 0 radical (unpaired) electrons. The molecule has 1 aliphatic rings. The fraction of sp³-hybridized carbons (Fsp3) is 0.923. The van der Waals surface area contributed by atoms with Gasteiger partial charge in [-0.3, -0.25) is 4.79 Å². The van der Waals surface area contributed by atoms with E-state index in [-0.39, 0.29) is 12.0 Å². The van der Waals surface area contributed by atoms with Gasteiger partial charge in [0.2, 0.25) is 0 Å². The van der Waals surface area contributed by atoms with Gasteiger partial charge in [0.25, 0.3) is 0 Å². The minimum atomic E-state index is -0.176. The molecule has 4 nitrogen and oxygen atoms in total. The quantitative estimate of drug-likeness (QED) is 0.712. The van der Waals surface area contributed by atoms with Crippen LogP contribution in [0.1, 0.15) is 33.6 Å². The Hall–Kier alpha value is -0.610. The van der Waals surface area contributed by atoms with Gasteiger partial charge < -0.3 is 15.0 Å². The van der Waals surface area contributed by atoms with Gasteiger partial charge in [0.15, 0.2) is 0 Å². The standard InChI is InChI=1S/C13H26N2O2/c1-4-14-12(13(16)17-5-2)10-15-8-6-7-11(3)9-15/h11-12,14H,4-10H2,1-3H3. The predicted molar refractivity (Wildman–Crippen MR) is 68.9 cm³/mol. The number of hydrogen-bond donors (Lipinski definition) is 1. The summed E-state index contributed by atoms with van der Waals surface area (Å²) in [5.41, 5.74) is 0. The normalized spacial score (nSPS) is 23.4. The highest BCUT2D eigenvalue weighted by Crippen LogP contribution is 2.15. The van der Waals surface area contributed by atoms with Crippen LogP contribution in [0, 0.1) is 5.92 Å². The molecule has 1 N–H and O–H groups in total. The van der Waals surface area contributed by atoms with E-state index in [1.807, 2.05) is 13.8 Å². The number of rotatable bonds is 6. The van der Waals surface area contributed by atoms with Gasteiger partial charge in [-0.1, -0.05) is 13.8 Å². The number of nitrogens with zero attached hydrogens (tertiary/aromatic N) is 1. The first-order chi connectivity index (χ1) is 8.17. The topological polar surface area (TPSA) is 41.6 Å². The molecule has 0 aromatic heterocycles. The summed E-state index contributed by atoms with van der Waals surface area (Å²) in [6.45, 7) is 10.4. The van der Waals surface area contributed by atoms with E-state index in [4.69, 9.17) is 4.74 Å². The van der Waals surface area contributed by atoms with Crippen LogP contribution in [-0.2, 0) is 9.53 Å². The molecule has 1 aliphatic heterocycles. The van der Waals surface area contributed by atoms with Crippen molar-refractivity contribution in [3.05, 3.63) is 0 Å². The van der Waals surface area contributed by atoms with Crippen LogP contribution in [0.5, 0.6) is 0 Å². The SMILES string of the molecule is CCNC(CN1CCCC(C)C1)C(=O)OCC. The number of hydrogen-bond acceptors (Lipinski definition) is 4. The minimum absolute atomic E-state index is 0.118. The van der Waals surface area contributed by atoms with Crippen LogP contribution in [0.15, 0.2) is 0 Å². The Morgan fingerprint density at radius 3 is 2.88 bits per heavy atom. The van der Waals surface area contributed by atoms with Crippen molar-refractivity contribution < 1.29 is 9.53 Å². The Bertz CT molecular complexity index is 233. The molecule has 0 spiro atoms. The first kappa shape index (κ1) is 14.5. The summed E-state index contributed by atoms with van der Waals surface area (Å²) in [7, 11) is 0. The zero-order valence-corrected chi connectivity index (χ0v) is 11.4. The predicted octanol–water partition coefficient (Wildman–Crippen LogP) is 1.26. The third-order valence-electron chi connectivity index (χ3n) is 3.20. The van der Waals surface area contributed by atoms with Crippen molar-refractivity contribution in [3.63, 3.8) is 0 Å². The van der Waals surface area contributed by atoms with Crippen LogP contribution in [0.3, 0.4) is 0 Å². The Kier molecular flexibility index (Phi) is 6.52. The van der Waals surface area contributed by atoms with E-state index in [1.54, 1.807) is 0 Å². The van der Waals surface area contributed by atoms with E-state index in [9.17, 15) is 4.79 Å². The first-order valence-electron chi connectivity index (χ1n) is 6.79. The van der Waals surface area contributed by atoms with Crippen molar-refractivity contribution in [3.8, 4) is 0 Å². The number of likely N-dealkylation sites (tertiary alicyclic amines) is 1. The van der Waals surface area contributed by atoms with Crippen molar-refractivity contribution >= 4 is 5.97 Å². The number of likely N-dealkylation sites (N-methyl/N-ethyl adjacent to an activating group) is 1. The van der Waals surface area contributed by atoms with Gasteiger partial charge in [-0.05, 0) is 38.8 Å². The van der Waals surface area contributed by atoms with Gasteiger partial charge in [0.05, 0.1) is 6.61 Å². The Labute approximate surface area is 105 Å². The molecule has 17 heavy (non-hydrogen) atoms. The van der Waals surface area contributed by atoms with Gasteiger partial charge >= 0.3 is 5.97 Å². The fourth-order valence-corrected chi connectivity index (χ4v) is 2.42. The Morgan fingerprint density at radius 2 is 2.29 bits per heavy atom. The molecular formula is C13H26N2O2. The van der Waals surface area contributed by atoms with E-state index in [0.29, 0.717) is 6.61 Å². The highest BCUT2D eigenvalue weighted by Gasteiger charge is 2.24. The molecule has 0 saturated carbocycles. The molecule has 0 amide bonds. The Morgan fingerprint density at radius 1 is 1.53 bits per heavy atom.